The fourth-order valence-corrected chi connectivity index (χ4v) is 5.36. The van der Waals surface area contributed by atoms with E-state index in [0.717, 1.165) is 21.0 Å². The lowest BCUT2D eigenvalue weighted by molar-refractivity contribution is 0.0995. The molecule has 1 heterocycles. The van der Waals surface area contributed by atoms with E-state index in [0.29, 0.717) is 4.80 Å². The minimum atomic E-state index is -3.51. The van der Waals surface area contributed by atoms with Gasteiger partial charge in [-0.2, -0.15) is 4.99 Å². The van der Waals surface area contributed by atoms with Crippen molar-refractivity contribution in [3.63, 3.8) is 0 Å². The smallest absolute Gasteiger partial charge is 0.280 e. The molecule has 1 amide bonds. The molecule has 0 aliphatic rings. The van der Waals surface area contributed by atoms with Crippen molar-refractivity contribution < 1.29 is 13.2 Å². The van der Waals surface area contributed by atoms with Gasteiger partial charge in [-0.05, 0) is 23.6 Å². The van der Waals surface area contributed by atoms with E-state index in [-0.39, 0.29) is 16.2 Å². The summed E-state index contributed by atoms with van der Waals surface area (Å²) in [5, 5.41) is 2.20. The summed E-state index contributed by atoms with van der Waals surface area (Å²) in [6, 6.07) is 18.3. The number of carbonyl (C=O) groups is 1. The number of carbonyl (C=O) groups excluding carboxylic acids is 1. The Balaban J connectivity index is 1.92. The number of hydrogen-bond acceptors (Lipinski definition) is 4. The second-order valence-corrected chi connectivity index (χ2v) is 9.65. The lowest BCUT2D eigenvalue weighted by atomic mass is 10.1. The third-order valence-electron chi connectivity index (χ3n) is 4.72. The number of nitrogens with zero attached hydrogens (tertiary/aromatic N) is 2. The molecule has 7 heteroatoms. The standard InChI is InChI=1S/C21H18N2O3S2/c1-3-28(25,26)18-11-7-6-10-16(18)20(24)22-21-23(2)19-15-9-5-4-8-14(15)12-13-17(19)27-21/h4-13H,3H2,1-2H3. The van der Waals surface area contributed by atoms with Gasteiger partial charge in [0.1, 0.15) is 0 Å². The van der Waals surface area contributed by atoms with Gasteiger partial charge in [0, 0.05) is 12.4 Å². The van der Waals surface area contributed by atoms with Crippen molar-refractivity contribution in [1.82, 2.24) is 4.57 Å². The Kier molecular flexibility index (Phi) is 4.64. The Morgan fingerprint density at radius 1 is 1.04 bits per heavy atom. The molecule has 4 rings (SSSR count). The van der Waals surface area contributed by atoms with E-state index in [9.17, 15) is 13.2 Å². The number of rotatable bonds is 3. The molecule has 0 aliphatic heterocycles. The first-order chi connectivity index (χ1) is 13.4. The van der Waals surface area contributed by atoms with Gasteiger partial charge in [-0.1, -0.05) is 60.7 Å². The number of sulfone groups is 1. The van der Waals surface area contributed by atoms with Crippen LogP contribution in [0.25, 0.3) is 21.0 Å². The summed E-state index contributed by atoms with van der Waals surface area (Å²) in [6.45, 7) is 1.56. The number of amides is 1. The summed E-state index contributed by atoms with van der Waals surface area (Å²) in [5.74, 6) is -0.626. The van der Waals surface area contributed by atoms with Gasteiger partial charge in [0.25, 0.3) is 5.91 Å². The maximum atomic E-state index is 12.9. The summed E-state index contributed by atoms with van der Waals surface area (Å²) < 4.78 is 27.6. The van der Waals surface area contributed by atoms with Crippen molar-refractivity contribution in [2.24, 2.45) is 12.0 Å². The number of thiazole rings is 1. The largest absolute Gasteiger partial charge is 0.319 e. The molecule has 0 N–H and O–H groups in total. The fraction of sp³-hybridized carbons (Fsp3) is 0.143. The van der Waals surface area contributed by atoms with E-state index >= 15 is 0 Å². The summed E-state index contributed by atoms with van der Waals surface area (Å²) >= 11 is 1.41. The molecular formula is C21H18N2O3S2. The molecule has 0 spiro atoms. The van der Waals surface area contributed by atoms with E-state index in [1.165, 1.54) is 23.5 Å². The van der Waals surface area contributed by atoms with Crippen LogP contribution in [0.3, 0.4) is 0 Å². The molecule has 1 aromatic heterocycles. The predicted octanol–water partition coefficient (Wildman–Crippen LogP) is 3.93. The zero-order valence-electron chi connectivity index (χ0n) is 15.4. The molecular weight excluding hydrogens is 392 g/mol. The first kappa shape index (κ1) is 18.6. The van der Waals surface area contributed by atoms with E-state index < -0.39 is 15.7 Å². The highest BCUT2D eigenvalue weighted by Crippen LogP contribution is 2.26. The molecule has 0 radical (unpaired) electrons. The molecule has 28 heavy (non-hydrogen) atoms. The summed E-state index contributed by atoms with van der Waals surface area (Å²) in [5.41, 5.74) is 1.11. The Hall–Kier alpha value is -2.77. The molecule has 0 saturated heterocycles. The average molecular weight is 411 g/mol. The normalized spacial score (nSPS) is 12.7. The fourth-order valence-electron chi connectivity index (χ4n) is 3.24. The van der Waals surface area contributed by atoms with Crippen molar-refractivity contribution >= 4 is 48.1 Å². The Morgan fingerprint density at radius 2 is 1.75 bits per heavy atom. The highest BCUT2D eigenvalue weighted by atomic mass is 32.2. The van der Waals surface area contributed by atoms with Crippen LogP contribution < -0.4 is 4.80 Å². The summed E-state index contributed by atoms with van der Waals surface area (Å²) in [7, 11) is -1.65. The van der Waals surface area contributed by atoms with E-state index in [4.69, 9.17) is 0 Å². The third-order valence-corrected chi connectivity index (χ3v) is 7.60. The molecule has 0 atom stereocenters. The molecule has 0 unspecified atom stereocenters. The van der Waals surface area contributed by atoms with E-state index in [2.05, 4.69) is 4.99 Å². The van der Waals surface area contributed by atoms with Crippen molar-refractivity contribution in [3.8, 4) is 0 Å². The van der Waals surface area contributed by atoms with Crippen LogP contribution in [0.1, 0.15) is 17.3 Å². The molecule has 0 bridgehead atoms. The van der Waals surface area contributed by atoms with Crippen molar-refractivity contribution in [2.75, 3.05) is 5.75 Å². The van der Waals surface area contributed by atoms with Gasteiger partial charge in [-0.15, -0.1) is 0 Å². The van der Waals surface area contributed by atoms with E-state index in [1.54, 1.807) is 19.1 Å². The van der Waals surface area contributed by atoms with Crippen LogP contribution in [0.4, 0.5) is 0 Å². The zero-order valence-corrected chi connectivity index (χ0v) is 17.0. The average Bonchev–Trinajstić information content (AvgIpc) is 3.03. The summed E-state index contributed by atoms with van der Waals surface area (Å²) in [6.07, 6.45) is 0. The number of hydrogen-bond donors (Lipinski definition) is 0. The van der Waals surface area contributed by atoms with Crippen LogP contribution in [-0.4, -0.2) is 24.6 Å². The van der Waals surface area contributed by atoms with Gasteiger partial charge < -0.3 is 4.57 Å². The molecule has 3 aromatic carbocycles. The Labute approximate surface area is 166 Å². The number of aryl methyl sites for hydroxylation is 1. The monoisotopic (exact) mass is 410 g/mol. The van der Waals surface area contributed by atoms with Crippen LogP contribution in [-0.2, 0) is 16.9 Å². The van der Waals surface area contributed by atoms with E-state index in [1.807, 2.05) is 48.0 Å². The van der Waals surface area contributed by atoms with Gasteiger partial charge in [0.05, 0.1) is 26.4 Å². The lowest BCUT2D eigenvalue weighted by Crippen LogP contribution is -2.15. The Morgan fingerprint density at radius 3 is 2.54 bits per heavy atom. The van der Waals surface area contributed by atoms with Gasteiger partial charge in [-0.3, -0.25) is 4.79 Å². The second kappa shape index (κ2) is 7.00. The van der Waals surface area contributed by atoms with Gasteiger partial charge in [0.2, 0.25) is 0 Å². The molecule has 0 aliphatic carbocycles. The van der Waals surface area contributed by atoms with Crippen molar-refractivity contribution in [3.05, 3.63) is 71.0 Å². The molecule has 142 valence electrons. The van der Waals surface area contributed by atoms with Crippen LogP contribution in [0, 0.1) is 0 Å². The maximum Gasteiger partial charge on any atom is 0.280 e. The Bertz CT molecular complexity index is 1400. The van der Waals surface area contributed by atoms with Crippen molar-refractivity contribution in [2.45, 2.75) is 11.8 Å². The quantitative estimate of drug-likeness (QED) is 0.514. The lowest BCUT2D eigenvalue weighted by Gasteiger charge is -2.05. The van der Waals surface area contributed by atoms with Crippen LogP contribution >= 0.6 is 11.3 Å². The predicted molar refractivity (Wildman–Crippen MR) is 112 cm³/mol. The molecule has 4 aromatic rings. The topological polar surface area (TPSA) is 68.5 Å². The van der Waals surface area contributed by atoms with Crippen LogP contribution in [0.2, 0.25) is 0 Å². The second-order valence-electron chi connectivity index (χ2n) is 6.39. The van der Waals surface area contributed by atoms with Gasteiger partial charge in [-0.25, -0.2) is 8.42 Å². The minimum Gasteiger partial charge on any atom is -0.319 e. The van der Waals surface area contributed by atoms with Crippen molar-refractivity contribution in [1.29, 1.82) is 0 Å². The minimum absolute atomic E-state index is 0.0282. The molecule has 5 nitrogen and oxygen atoms in total. The SMILES string of the molecule is CCS(=O)(=O)c1ccccc1C(=O)N=c1sc2ccc3ccccc3c2n1C. The van der Waals surface area contributed by atoms with Crippen LogP contribution in [0.15, 0.2) is 70.6 Å². The highest BCUT2D eigenvalue weighted by Gasteiger charge is 2.20. The number of benzene rings is 3. The van der Waals surface area contributed by atoms with Gasteiger partial charge >= 0.3 is 0 Å². The van der Waals surface area contributed by atoms with Gasteiger partial charge in [0.15, 0.2) is 14.6 Å². The van der Waals surface area contributed by atoms with Crippen LogP contribution in [0.5, 0.6) is 0 Å². The number of fused-ring (bicyclic) bond motifs is 3. The zero-order chi connectivity index (χ0) is 19.9. The molecule has 0 saturated carbocycles. The maximum absolute atomic E-state index is 12.9. The number of aromatic nitrogens is 1. The first-order valence-electron chi connectivity index (χ1n) is 8.80. The highest BCUT2D eigenvalue weighted by molar-refractivity contribution is 7.91. The first-order valence-corrected chi connectivity index (χ1v) is 11.3. The summed E-state index contributed by atoms with van der Waals surface area (Å²) in [4.78, 5) is 17.7. The third kappa shape index (κ3) is 3.06. The molecule has 0 fully saturated rings.